The summed E-state index contributed by atoms with van der Waals surface area (Å²) in [5, 5.41) is 1.70. The van der Waals surface area contributed by atoms with Crippen molar-refractivity contribution in [1.82, 2.24) is 0 Å². The van der Waals surface area contributed by atoms with Crippen molar-refractivity contribution < 1.29 is 13.6 Å². The number of rotatable bonds is 1. The van der Waals surface area contributed by atoms with Crippen LogP contribution in [-0.4, -0.2) is 0 Å². The molecule has 4 rings (SSSR count). The second-order valence-corrected chi connectivity index (χ2v) is 9.36. The van der Waals surface area contributed by atoms with Crippen LogP contribution in [-0.2, 0) is 11.0 Å². The van der Waals surface area contributed by atoms with Gasteiger partial charge in [-0.15, -0.1) is 0 Å². The summed E-state index contributed by atoms with van der Waals surface area (Å²) in [7, 11) is -3.67. The third-order valence-corrected chi connectivity index (χ3v) is 6.72. The van der Waals surface area contributed by atoms with Gasteiger partial charge in [-0.3, -0.25) is 0 Å². The van der Waals surface area contributed by atoms with Crippen LogP contribution in [0.15, 0.2) is 54.6 Å². The lowest BCUT2D eigenvalue weighted by Gasteiger charge is -2.28. The van der Waals surface area contributed by atoms with Crippen molar-refractivity contribution in [1.29, 1.82) is 0 Å². The number of aryl methyl sites for hydroxylation is 2. The molecule has 3 aromatic rings. The molecule has 27 heavy (non-hydrogen) atoms. The Morgan fingerprint density at radius 2 is 1.30 bits per heavy atom. The van der Waals surface area contributed by atoms with Crippen LogP contribution < -0.4 is 14.4 Å². The number of hydrogen-bond acceptors (Lipinski definition) is 3. The first-order valence-electron chi connectivity index (χ1n) is 8.48. The average Bonchev–Trinajstić information content (AvgIpc) is 2.60. The first-order valence-corrected chi connectivity index (χ1v) is 10.8. The molecule has 0 amide bonds. The lowest BCUT2D eigenvalue weighted by Crippen LogP contribution is -2.18. The second kappa shape index (κ2) is 6.91. The zero-order valence-corrected chi connectivity index (χ0v) is 17.2. The summed E-state index contributed by atoms with van der Waals surface area (Å²) < 4.78 is 26.1. The SMILES string of the molecule is Cc1cc(Cl)cc2c1OP(=O)(c1ccccc1)Oc1c(C)cc(Cl)cc1C2. The van der Waals surface area contributed by atoms with Gasteiger partial charge in [-0.05, 0) is 61.4 Å². The monoisotopic (exact) mass is 418 g/mol. The van der Waals surface area contributed by atoms with Gasteiger partial charge in [0.1, 0.15) is 11.5 Å². The van der Waals surface area contributed by atoms with E-state index in [4.69, 9.17) is 32.2 Å². The van der Waals surface area contributed by atoms with Crippen molar-refractivity contribution in [2.75, 3.05) is 0 Å². The van der Waals surface area contributed by atoms with E-state index >= 15 is 0 Å². The van der Waals surface area contributed by atoms with Crippen molar-refractivity contribution in [3.05, 3.63) is 86.9 Å². The van der Waals surface area contributed by atoms with Crippen LogP contribution in [0.4, 0.5) is 0 Å². The largest absolute Gasteiger partial charge is 0.462 e. The van der Waals surface area contributed by atoms with E-state index in [0.717, 1.165) is 22.3 Å². The van der Waals surface area contributed by atoms with Gasteiger partial charge in [-0.25, -0.2) is 4.57 Å². The van der Waals surface area contributed by atoms with Gasteiger partial charge in [-0.2, -0.15) is 0 Å². The maximum Gasteiger partial charge on any atom is 0.462 e. The van der Waals surface area contributed by atoms with Gasteiger partial charge in [0.2, 0.25) is 0 Å². The van der Waals surface area contributed by atoms with Gasteiger partial charge in [0.15, 0.2) is 0 Å². The van der Waals surface area contributed by atoms with Crippen molar-refractivity contribution in [2.45, 2.75) is 20.3 Å². The van der Waals surface area contributed by atoms with E-state index in [0.29, 0.717) is 33.3 Å². The minimum absolute atomic E-state index is 0.493. The zero-order valence-electron chi connectivity index (χ0n) is 14.8. The molecule has 138 valence electrons. The summed E-state index contributed by atoms with van der Waals surface area (Å²) in [5.74, 6) is 1.07. The van der Waals surface area contributed by atoms with Gasteiger partial charge in [0.25, 0.3) is 0 Å². The molecule has 3 aromatic carbocycles. The molecule has 0 unspecified atom stereocenters. The minimum atomic E-state index is -3.67. The van der Waals surface area contributed by atoms with Crippen LogP contribution in [0.5, 0.6) is 11.5 Å². The van der Waals surface area contributed by atoms with Crippen LogP contribution in [0.2, 0.25) is 10.0 Å². The lowest BCUT2D eigenvalue weighted by atomic mass is 9.99. The van der Waals surface area contributed by atoms with Crippen LogP contribution in [0.1, 0.15) is 22.3 Å². The molecule has 0 aromatic heterocycles. The fraction of sp³-hybridized carbons (Fsp3) is 0.143. The minimum Gasteiger partial charge on any atom is -0.412 e. The summed E-state index contributed by atoms with van der Waals surface area (Å²) >= 11 is 12.5. The van der Waals surface area contributed by atoms with E-state index in [-0.39, 0.29) is 0 Å². The molecule has 0 aliphatic carbocycles. The highest BCUT2D eigenvalue weighted by atomic mass is 35.5. The van der Waals surface area contributed by atoms with Crippen molar-refractivity contribution in [3.63, 3.8) is 0 Å². The van der Waals surface area contributed by atoms with Crippen molar-refractivity contribution >= 4 is 36.1 Å². The first kappa shape index (κ1) is 18.4. The van der Waals surface area contributed by atoms with E-state index in [1.54, 1.807) is 24.3 Å². The second-order valence-electron chi connectivity index (χ2n) is 6.61. The average molecular weight is 419 g/mol. The Bertz CT molecular complexity index is 1020. The normalized spacial score (nSPS) is 14.8. The lowest BCUT2D eigenvalue weighted by molar-refractivity contribution is 0.390. The number of benzene rings is 3. The Kier molecular flexibility index (Phi) is 4.71. The van der Waals surface area contributed by atoms with Crippen LogP contribution >= 0.6 is 30.8 Å². The number of hydrogen-bond donors (Lipinski definition) is 0. The quantitative estimate of drug-likeness (QED) is 0.423. The maximum atomic E-state index is 13.9. The maximum absolute atomic E-state index is 13.9. The predicted octanol–water partition coefficient (Wildman–Crippen LogP) is 6.49. The molecular weight excluding hydrogens is 402 g/mol. The Morgan fingerprint density at radius 3 is 1.78 bits per heavy atom. The molecule has 0 radical (unpaired) electrons. The summed E-state index contributed by atoms with van der Waals surface area (Å²) in [6.45, 7) is 3.76. The molecule has 0 spiro atoms. The van der Waals surface area contributed by atoms with E-state index < -0.39 is 7.60 Å². The summed E-state index contributed by atoms with van der Waals surface area (Å²) in [5.41, 5.74) is 3.31. The first-order chi connectivity index (χ1) is 12.9. The topological polar surface area (TPSA) is 35.5 Å². The highest BCUT2D eigenvalue weighted by Crippen LogP contribution is 2.53. The Morgan fingerprint density at radius 1 is 0.815 bits per heavy atom. The van der Waals surface area contributed by atoms with Crippen molar-refractivity contribution in [2.24, 2.45) is 0 Å². The molecule has 1 aliphatic rings. The fourth-order valence-corrected chi connectivity index (χ4v) is 5.68. The Labute approximate surface area is 168 Å². The Hall–Kier alpha value is -1.93. The highest BCUT2D eigenvalue weighted by Gasteiger charge is 2.36. The number of halogens is 2. The van der Waals surface area contributed by atoms with E-state index in [9.17, 15) is 4.57 Å². The summed E-state index contributed by atoms with van der Waals surface area (Å²) in [6, 6.07) is 16.2. The van der Waals surface area contributed by atoms with Crippen LogP contribution in [0.25, 0.3) is 0 Å². The van der Waals surface area contributed by atoms with Crippen LogP contribution in [0.3, 0.4) is 0 Å². The predicted molar refractivity (Wildman–Crippen MR) is 110 cm³/mol. The molecule has 0 saturated carbocycles. The molecule has 0 atom stereocenters. The molecule has 1 heterocycles. The molecule has 0 N–H and O–H groups in total. The molecule has 0 saturated heterocycles. The van der Waals surface area contributed by atoms with E-state index in [2.05, 4.69) is 0 Å². The molecule has 6 heteroatoms. The summed E-state index contributed by atoms with van der Waals surface area (Å²) in [4.78, 5) is 0. The van der Waals surface area contributed by atoms with E-state index in [1.807, 2.05) is 44.2 Å². The molecule has 1 aliphatic heterocycles. The molecule has 3 nitrogen and oxygen atoms in total. The van der Waals surface area contributed by atoms with Gasteiger partial charge < -0.3 is 9.05 Å². The standard InChI is InChI=1S/C21H17Cl2O3P/c1-13-8-17(22)11-15-10-16-12-18(23)9-14(2)21(16)26-27(24,25-20(13)15)19-6-4-3-5-7-19/h3-9,11-12H,10H2,1-2H3. The highest BCUT2D eigenvalue weighted by molar-refractivity contribution is 7.63. The zero-order chi connectivity index (χ0) is 19.2. The number of fused-ring (bicyclic) bond motifs is 2. The molecule has 0 bridgehead atoms. The fourth-order valence-electron chi connectivity index (χ4n) is 3.30. The van der Waals surface area contributed by atoms with Crippen LogP contribution in [0, 0.1) is 13.8 Å². The van der Waals surface area contributed by atoms with Gasteiger partial charge >= 0.3 is 7.60 Å². The van der Waals surface area contributed by atoms with Gasteiger partial charge in [0.05, 0.1) is 5.30 Å². The van der Waals surface area contributed by atoms with Crippen molar-refractivity contribution in [3.8, 4) is 11.5 Å². The third-order valence-electron chi connectivity index (χ3n) is 4.51. The third kappa shape index (κ3) is 3.48. The van der Waals surface area contributed by atoms with Gasteiger partial charge in [-0.1, -0.05) is 41.4 Å². The molecular formula is C21H17Cl2O3P. The Balaban J connectivity index is 2.00. The summed E-state index contributed by atoms with van der Waals surface area (Å²) in [6.07, 6.45) is 0.516. The van der Waals surface area contributed by atoms with E-state index in [1.165, 1.54) is 0 Å². The molecule has 0 fully saturated rings. The smallest absolute Gasteiger partial charge is 0.412 e. The van der Waals surface area contributed by atoms with Gasteiger partial charge in [0, 0.05) is 27.6 Å².